The van der Waals surface area contributed by atoms with Gasteiger partial charge in [0.2, 0.25) is 0 Å². The smallest absolute Gasteiger partial charge is 0.406 e. The lowest BCUT2D eigenvalue weighted by Gasteiger charge is -2.16. The predicted molar refractivity (Wildman–Crippen MR) is 61.8 cm³/mol. The Hall–Kier alpha value is -1.71. The molecule has 0 aliphatic rings. The van der Waals surface area contributed by atoms with E-state index < -0.39 is 6.36 Å². The molecule has 1 aromatic carbocycles. The van der Waals surface area contributed by atoms with E-state index in [-0.39, 0.29) is 11.8 Å². The molecule has 1 unspecified atom stereocenters. The minimum atomic E-state index is -4.68. The Bertz CT molecular complexity index is 409. The van der Waals surface area contributed by atoms with Gasteiger partial charge in [0, 0.05) is 12.6 Å². The first-order chi connectivity index (χ1) is 8.46. The van der Waals surface area contributed by atoms with Gasteiger partial charge in [0.15, 0.2) is 0 Å². The number of hydrogen-bond acceptors (Lipinski definition) is 3. The standard InChI is InChI=1S/C12H13F3N2O/c1-2-7-17-11(8-16)9-3-5-10(6-4-9)18-12(13,14)15/h1,3-6,11,17H,7-8,16H2. The van der Waals surface area contributed by atoms with E-state index >= 15 is 0 Å². The van der Waals surface area contributed by atoms with E-state index in [9.17, 15) is 13.2 Å². The van der Waals surface area contributed by atoms with Crippen LogP contribution in [0.1, 0.15) is 11.6 Å². The lowest BCUT2D eigenvalue weighted by atomic mass is 10.1. The van der Waals surface area contributed by atoms with Gasteiger partial charge >= 0.3 is 6.36 Å². The largest absolute Gasteiger partial charge is 0.573 e. The lowest BCUT2D eigenvalue weighted by molar-refractivity contribution is -0.274. The molecular weight excluding hydrogens is 245 g/mol. The zero-order valence-electron chi connectivity index (χ0n) is 9.50. The SMILES string of the molecule is C#CCNC(CN)c1ccc(OC(F)(F)F)cc1. The summed E-state index contributed by atoms with van der Waals surface area (Å²) >= 11 is 0. The zero-order valence-corrected chi connectivity index (χ0v) is 9.50. The number of halogens is 3. The van der Waals surface area contributed by atoms with E-state index in [0.29, 0.717) is 13.1 Å². The molecule has 1 atom stereocenters. The molecule has 1 rings (SSSR count). The highest BCUT2D eigenvalue weighted by atomic mass is 19.4. The van der Waals surface area contributed by atoms with Crippen molar-refractivity contribution in [3.63, 3.8) is 0 Å². The van der Waals surface area contributed by atoms with Crippen LogP contribution in [0.15, 0.2) is 24.3 Å². The van der Waals surface area contributed by atoms with E-state index in [4.69, 9.17) is 12.2 Å². The Labute approximate surface area is 103 Å². The summed E-state index contributed by atoms with van der Waals surface area (Å²) in [5, 5.41) is 2.98. The third kappa shape index (κ3) is 4.65. The van der Waals surface area contributed by atoms with Crippen molar-refractivity contribution in [3.05, 3.63) is 29.8 Å². The molecular formula is C12H13F3N2O. The molecule has 0 heterocycles. The molecule has 0 aliphatic heterocycles. The second kappa shape index (κ2) is 6.28. The molecule has 0 amide bonds. The first kappa shape index (κ1) is 14.4. The lowest BCUT2D eigenvalue weighted by Crippen LogP contribution is -2.28. The van der Waals surface area contributed by atoms with Crippen LogP contribution < -0.4 is 15.8 Å². The Morgan fingerprint density at radius 3 is 2.39 bits per heavy atom. The van der Waals surface area contributed by atoms with Crippen molar-refractivity contribution in [2.45, 2.75) is 12.4 Å². The summed E-state index contributed by atoms with van der Waals surface area (Å²) in [5.41, 5.74) is 6.30. The van der Waals surface area contributed by atoms with E-state index in [1.165, 1.54) is 24.3 Å². The molecule has 3 N–H and O–H groups in total. The number of nitrogens with two attached hydrogens (primary N) is 1. The molecule has 0 spiro atoms. The second-order valence-corrected chi connectivity index (χ2v) is 3.49. The quantitative estimate of drug-likeness (QED) is 0.792. The molecule has 0 radical (unpaired) electrons. The monoisotopic (exact) mass is 258 g/mol. The maximum atomic E-state index is 12.0. The molecule has 0 aliphatic carbocycles. The fraction of sp³-hybridized carbons (Fsp3) is 0.333. The molecule has 98 valence electrons. The van der Waals surface area contributed by atoms with Gasteiger partial charge in [-0.1, -0.05) is 18.1 Å². The van der Waals surface area contributed by atoms with E-state index in [2.05, 4.69) is 16.0 Å². The number of ether oxygens (including phenoxy) is 1. The molecule has 0 saturated heterocycles. The maximum absolute atomic E-state index is 12.0. The van der Waals surface area contributed by atoms with Crippen LogP contribution in [0.4, 0.5) is 13.2 Å². The number of terminal acetylenes is 1. The fourth-order valence-electron chi connectivity index (χ4n) is 1.42. The summed E-state index contributed by atoms with van der Waals surface area (Å²) in [6.07, 6.45) is 0.421. The highest BCUT2D eigenvalue weighted by Crippen LogP contribution is 2.24. The van der Waals surface area contributed by atoms with Crippen molar-refractivity contribution in [2.24, 2.45) is 5.73 Å². The zero-order chi connectivity index (χ0) is 13.6. The number of hydrogen-bond donors (Lipinski definition) is 2. The van der Waals surface area contributed by atoms with E-state index in [1.54, 1.807) is 0 Å². The molecule has 1 aromatic rings. The first-order valence-electron chi connectivity index (χ1n) is 5.19. The summed E-state index contributed by atoms with van der Waals surface area (Å²) in [4.78, 5) is 0. The van der Waals surface area contributed by atoms with Crippen LogP contribution in [-0.2, 0) is 0 Å². The summed E-state index contributed by atoms with van der Waals surface area (Å²) in [5.74, 6) is 2.14. The fourth-order valence-corrected chi connectivity index (χ4v) is 1.42. The van der Waals surface area contributed by atoms with Crippen LogP contribution in [0.25, 0.3) is 0 Å². The molecule has 0 aromatic heterocycles. The maximum Gasteiger partial charge on any atom is 0.573 e. The highest BCUT2D eigenvalue weighted by molar-refractivity contribution is 5.29. The van der Waals surface area contributed by atoms with Crippen molar-refractivity contribution < 1.29 is 17.9 Å². The Morgan fingerprint density at radius 1 is 1.33 bits per heavy atom. The number of rotatable bonds is 5. The van der Waals surface area contributed by atoms with Gasteiger partial charge in [-0.3, -0.25) is 5.32 Å². The van der Waals surface area contributed by atoms with Crippen LogP contribution >= 0.6 is 0 Å². The van der Waals surface area contributed by atoms with Crippen LogP contribution in [0.5, 0.6) is 5.75 Å². The minimum Gasteiger partial charge on any atom is -0.406 e. The topological polar surface area (TPSA) is 47.3 Å². The number of nitrogens with one attached hydrogen (secondary N) is 1. The highest BCUT2D eigenvalue weighted by Gasteiger charge is 2.31. The summed E-state index contributed by atoms with van der Waals surface area (Å²) in [6.45, 7) is 0.629. The van der Waals surface area contributed by atoms with Crippen molar-refractivity contribution in [1.29, 1.82) is 0 Å². The van der Waals surface area contributed by atoms with E-state index in [0.717, 1.165) is 5.56 Å². The van der Waals surface area contributed by atoms with Gasteiger partial charge in [-0.25, -0.2) is 0 Å². The van der Waals surface area contributed by atoms with Crippen LogP contribution in [0.2, 0.25) is 0 Å². The molecule has 0 saturated carbocycles. The summed E-state index contributed by atoms with van der Waals surface area (Å²) < 4.78 is 39.6. The van der Waals surface area contributed by atoms with Crippen LogP contribution in [-0.4, -0.2) is 19.5 Å². The van der Waals surface area contributed by atoms with Gasteiger partial charge in [0.25, 0.3) is 0 Å². The average Bonchev–Trinajstić information content (AvgIpc) is 2.30. The molecule has 3 nitrogen and oxygen atoms in total. The van der Waals surface area contributed by atoms with Gasteiger partial charge in [0.05, 0.1) is 6.54 Å². The molecule has 0 fully saturated rings. The Balaban J connectivity index is 2.72. The number of benzene rings is 1. The number of alkyl halides is 3. The predicted octanol–water partition coefficient (Wildman–Crippen LogP) is 1.81. The third-order valence-corrected chi connectivity index (χ3v) is 2.20. The van der Waals surface area contributed by atoms with Crippen LogP contribution in [0.3, 0.4) is 0 Å². The summed E-state index contributed by atoms with van der Waals surface area (Å²) in [7, 11) is 0. The van der Waals surface area contributed by atoms with Gasteiger partial charge in [-0.05, 0) is 17.7 Å². The third-order valence-electron chi connectivity index (χ3n) is 2.20. The molecule has 0 bridgehead atoms. The van der Waals surface area contributed by atoms with Gasteiger partial charge in [-0.15, -0.1) is 19.6 Å². The van der Waals surface area contributed by atoms with Crippen LogP contribution in [0, 0.1) is 12.3 Å². The van der Waals surface area contributed by atoms with Crippen molar-refractivity contribution >= 4 is 0 Å². The molecule has 18 heavy (non-hydrogen) atoms. The van der Waals surface area contributed by atoms with Gasteiger partial charge < -0.3 is 10.5 Å². The minimum absolute atomic E-state index is 0.194. The second-order valence-electron chi connectivity index (χ2n) is 3.49. The Kier molecular flexibility index (Phi) is 5.01. The Morgan fingerprint density at radius 2 is 1.94 bits per heavy atom. The van der Waals surface area contributed by atoms with Crippen molar-refractivity contribution in [3.8, 4) is 18.1 Å². The van der Waals surface area contributed by atoms with Crippen molar-refractivity contribution in [2.75, 3.05) is 13.1 Å². The van der Waals surface area contributed by atoms with E-state index in [1.807, 2.05) is 0 Å². The van der Waals surface area contributed by atoms with Crippen molar-refractivity contribution in [1.82, 2.24) is 5.32 Å². The normalized spacial score (nSPS) is 12.8. The molecule has 6 heteroatoms. The van der Waals surface area contributed by atoms with Gasteiger partial charge in [-0.2, -0.15) is 0 Å². The average molecular weight is 258 g/mol. The summed E-state index contributed by atoms with van der Waals surface area (Å²) in [6, 6.07) is 5.32. The van der Waals surface area contributed by atoms with Gasteiger partial charge in [0.1, 0.15) is 5.75 Å². The first-order valence-corrected chi connectivity index (χ1v) is 5.19.